The number of hydrogen-bond donors (Lipinski definition) is 1. The van der Waals surface area contributed by atoms with Gasteiger partial charge in [0.25, 0.3) is 6.43 Å². The van der Waals surface area contributed by atoms with Crippen molar-refractivity contribution < 1.29 is 13.5 Å². The Morgan fingerprint density at radius 3 is 2.44 bits per heavy atom. The van der Waals surface area contributed by atoms with Gasteiger partial charge < -0.3 is 10.5 Å². The van der Waals surface area contributed by atoms with Crippen LogP contribution in [0.3, 0.4) is 0 Å². The predicted octanol–water partition coefficient (Wildman–Crippen LogP) is 2.81. The lowest BCUT2D eigenvalue weighted by atomic mass is 9.70. The van der Waals surface area contributed by atoms with Gasteiger partial charge in [-0.25, -0.2) is 8.78 Å². The van der Waals surface area contributed by atoms with Crippen LogP contribution in [0.25, 0.3) is 0 Å². The van der Waals surface area contributed by atoms with Crippen LogP contribution < -0.4 is 5.73 Å². The van der Waals surface area contributed by atoms with Gasteiger partial charge >= 0.3 is 0 Å². The van der Waals surface area contributed by atoms with E-state index in [-0.39, 0.29) is 17.6 Å². The number of alkyl halides is 2. The van der Waals surface area contributed by atoms with Gasteiger partial charge in [-0.15, -0.1) is 0 Å². The van der Waals surface area contributed by atoms with E-state index >= 15 is 0 Å². The molecule has 1 aliphatic carbocycles. The van der Waals surface area contributed by atoms with Crippen molar-refractivity contribution in [3.05, 3.63) is 0 Å². The Kier molecular flexibility index (Phi) is 4.68. The molecule has 1 aliphatic rings. The van der Waals surface area contributed by atoms with Crippen LogP contribution in [0.1, 0.15) is 40.0 Å². The summed E-state index contributed by atoms with van der Waals surface area (Å²) in [5.41, 5.74) is 6.10. The molecule has 96 valence electrons. The minimum absolute atomic E-state index is 0.0858. The van der Waals surface area contributed by atoms with Crippen LogP contribution in [0.5, 0.6) is 0 Å². The second kappa shape index (κ2) is 5.41. The summed E-state index contributed by atoms with van der Waals surface area (Å²) in [5.74, 6) is 0.509. The normalized spacial score (nSPS) is 32.1. The fraction of sp³-hybridized carbons (Fsp3) is 1.00. The van der Waals surface area contributed by atoms with Crippen molar-refractivity contribution in [2.75, 3.05) is 6.61 Å². The van der Waals surface area contributed by atoms with E-state index in [4.69, 9.17) is 10.5 Å². The molecular formula is C12H23F2NO. The zero-order valence-corrected chi connectivity index (χ0v) is 10.4. The highest BCUT2D eigenvalue weighted by Crippen LogP contribution is 2.38. The van der Waals surface area contributed by atoms with E-state index in [9.17, 15) is 8.78 Å². The van der Waals surface area contributed by atoms with Gasteiger partial charge in [-0.3, -0.25) is 0 Å². The quantitative estimate of drug-likeness (QED) is 0.816. The molecule has 1 rings (SSSR count). The first-order chi connectivity index (χ1) is 7.30. The molecule has 3 atom stereocenters. The molecule has 16 heavy (non-hydrogen) atoms. The molecule has 1 fully saturated rings. The second-order valence-electron chi connectivity index (χ2n) is 5.80. The van der Waals surface area contributed by atoms with Crippen molar-refractivity contribution in [2.45, 2.75) is 58.6 Å². The molecule has 0 radical (unpaired) electrons. The summed E-state index contributed by atoms with van der Waals surface area (Å²) in [5, 5.41) is 0. The molecule has 0 bridgehead atoms. The third-order valence-corrected chi connectivity index (χ3v) is 3.50. The van der Waals surface area contributed by atoms with Gasteiger partial charge in [0.05, 0.1) is 6.10 Å². The molecule has 3 unspecified atom stereocenters. The fourth-order valence-corrected chi connectivity index (χ4v) is 2.33. The van der Waals surface area contributed by atoms with Gasteiger partial charge in [-0.05, 0) is 30.6 Å². The first-order valence-corrected chi connectivity index (χ1v) is 5.96. The minimum Gasteiger partial charge on any atom is -0.371 e. The molecule has 4 heteroatoms. The van der Waals surface area contributed by atoms with E-state index in [1.807, 2.05) is 0 Å². The molecule has 0 aromatic rings. The molecule has 2 N–H and O–H groups in total. The second-order valence-corrected chi connectivity index (χ2v) is 5.80. The lowest BCUT2D eigenvalue weighted by Gasteiger charge is -2.40. The molecule has 0 aromatic heterocycles. The van der Waals surface area contributed by atoms with Gasteiger partial charge in [-0.2, -0.15) is 0 Å². The van der Waals surface area contributed by atoms with Crippen molar-refractivity contribution in [3.63, 3.8) is 0 Å². The lowest BCUT2D eigenvalue weighted by molar-refractivity contribution is -0.0620. The predicted molar refractivity (Wildman–Crippen MR) is 60.5 cm³/mol. The molecule has 0 heterocycles. The van der Waals surface area contributed by atoms with E-state index in [1.165, 1.54) is 0 Å². The largest absolute Gasteiger partial charge is 0.371 e. The SMILES string of the molecule is CC(C)(C)C1CCC(N)C(OCC(F)F)C1. The van der Waals surface area contributed by atoms with Crippen LogP contribution >= 0.6 is 0 Å². The molecule has 0 amide bonds. The maximum absolute atomic E-state index is 12.1. The van der Waals surface area contributed by atoms with E-state index in [0.29, 0.717) is 5.92 Å². The smallest absolute Gasteiger partial charge is 0.261 e. The first kappa shape index (κ1) is 13.8. The van der Waals surface area contributed by atoms with E-state index < -0.39 is 13.0 Å². The molecule has 0 saturated heterocycles. The molecule has 1 saturated carbocycles. The third-order valence-electron chi connectivity index (χ3n) is 3.50. The summed E-state index contributed by atoms with van der Waals surface area (Å²) in [6.45, 7) is 6.05. The molecule has 2 nitrogen and oxygen atoms in total. The number of hydrogen-bond acceptors (Lipinski definition) is 2. The summed E-state index contributed by atoms with van der Waals surface area (Å²) in [4.78, 5) is 0. The van der Waals surface area contributed by atoms with Crippen molar-refractivity contribution >= 4 is 0 Å². The number of rotatable bonds is 3. The number of halogens is 2. The standard InChI is InChI=1S/C12H23F2NO/c1-12(2,3)8-4-5-9(15)10(6-8)16-7-11(13)14/h8-11H,4-7,15H2,1-3H3. The molecular weight excluding hydrogens is 212 g/mol. The average molecular weight is 235 g/mol. The van der Waals surface area contributed by atoms with Gasteiger partial charge in [0.1, 0.15) is 6.61 Å². The average Bonchev–Trinajstić information content (AvgIpc) is 2.14. The van der Waals surface area contributed by atoms with Crippen LogP contribution in [0.4, 0.5) is 8.78 Å². The van der Waals surface area contributed by atoms with Gasteiger partial charge in [0.15, 0.2) is 0 Å². The van der Waals surface area contributed by atoms with Gasteiger partial charge in [-0.1, -0.05) is 20.8 Å². The third kappa shape index (κ3) is 3.98. The minimum atomic E-state index is -2.40. The van der Waals surface area contributed by atoms with Crippen LogP contribution in [-0.4, -0.2) is 25.2 Å². The zero-order chi connectivity index (χ0) is 12.3. The maximum atomic E-state index is 12.1. The summed E-state index contributed by atoms with van der Waals surface area (Å²) in [7, 11) is 0. The highest BCUT2D eigenvalue weighted by Gasteiger charge is 2.35. The summed E-state index contributed by atoms with van der Waals surface area (Å²) < 4.78 is 29.4. The van der Waals surface area contributed by atoms with E-state index in [2.05, 4.69) is 20.8 Å². The van der Waals surface area contributed by atoms with Crippen molar-refractivity contribution in [2.24, 2.45) is 17.1 Å². The summed E-state index contributed by atoms with van der Waals surface area (Å²) in [6, 6.07) is -0.0858. The lowest BCUT2D eigenvalue weighted by Crippen LogP contribution is -2.45. The van der Waals surface area contributed by atoms with Crippen molar-refractivity contribution in [1.82, 2.24) is 0 Å². The first-order valence-electron chi connectivity index (χ1n) is 5.96. The number of nitrogens with two attached hydrogens (primary N) is 1. The van der Waals surface area contributed by atoms with Crippen LogP contribution in [-0.2, 0) is 4.74 Å². The van der Waals surface area contributed by atoms with E-state index in [1.54, 1.807) is 0 Å². The summed E-state index contributed by atoms with van der Waals surface area (Å²) >= 11 is 0. The zero-order valence-electron chi connectivity index (χ0n) is 10.4. The van der Waals surface area contributed by atoms with Gasteiger partial charge in [0.2, 0.25) is 0 Å². The highest BCUT2D eigenvalue weighted by atomic mass is 19.3. The molecule has 0 spiro atoms. The Bertz CT molecular complexity index is 216. The maximum Gasteiger partial charge on any atom is 0.261 e. The monoisotopic (exact) mass is 235 g/mol. The fourth-order valence-electron chi connectivity index (χ4n) is 2.33. The highest BCUT2D eigenvalue weighted by molar-refractivity contribution is 4.88. The van der Waals surface area contributed by atoms with Crippen molar-refractivity contribution in [1.29, 1.82) is 0 Å². The Hall–Kier alpha value is -0.220. The van der Waals surface area contributed by atoms with Gasteiger partial charge in [0, 0.05) is 6.04 Å². The van der Waals surface area contributed by atoms with Crippen molar-refractivity contribution in [3.8, 4) is 0 Å². The number of ether oxygens (including phenoxy) is 1. The van der Waals surface area contributed by atoms with Crippen LogP contribution in [0.2, 0.25) is 0 Å². The Balaban J connectivity index is 2.48. The van der Waals surface area contributed by atoms with Crippen LogP contribution in [0, 0.1) is 11.3 Å². The Morgan fingerprint density at radius 1 is 1.31 bits per heavy atom. The van der Waals surface area contributed by atoms with Crippen LogP contribution in [0.15, 0.2) is 0 Å². The molecule has 0 aromatic carbocycles. The van der Waals surface area contributed by atoms with E-state index in [0.717, 1.165) is 19.3 Å². The Morgan fingerprint density at radius 2 is 1.94 bits per heavy atom. The Labute approximate surface area is 96.5 Å². The molecule has 0 aliphatic heterocycles. The topological polar surface area (TPSA) is 35.2 Å². The summed E-state index contributed by atoms with van der Waals surface area (Å²) in [6.07, 6.45) is 0.140.